The zero-order valence-corrected chi connectivity index (χ0v) is 12.6. The molecular formula is C13H18ClN3OS. The van der Waals surface area contributed by atoms with Crippen molar-refractivity contribution in [3.8, 4) is 0 Å². The van der Waals surface area contributed by atoms with Crippen LogP contribution < -0.4 is 11.1 Å². The van der Waals surface area contributed by atoms with Gasteiger partial charge >= 0.3 is 0 Å². The molecule has 0 saturated heterocycles. The highest BCUT2D eigenvalue weighted by Crippen LogP contribution is 2.20. The van der Waals surface area contributed by atoms with Crippen molar-refractivity contribution in [1.29, 1.82) is 0 Å². The highest BCUT2D eigenvalue weighted by molar-refractivity contribution is 7.80. The maximum atomic E-state index is 11.9. The van der Waals surface area contributed by atoms with E-state index in [9.17, 15) is 4.79 Å². The van der Waals surface area contributed by atoms with Gasteiger partial charge < -0.3 is 16.0 Å². The Hall–Kier alpha value is -1.33. The molecule has 1 aromatic rings. The van der Waals surface area contributed by atoms with Gasteiger partial charge in [-0.1, -0.05) is 23.8 Å². The lowest BCUT2D eigenvalue weighted by Crippen LogP contribution is -2.35. The number of thiocarbonyl (C=S) groups is 1. The van der Waals surface area contributed by atoms with Crippen LogP contribution in [0.15, 0.2) is 18.2 Å². The van der Waals surface area contributed by atoms with Gasteiger partial charge in [0.05, 0.1) is 6.54 Å². The smallest absolute Gasteiger partial charge is 0.241 e. The van der Waals surface area contributed by atoms with Crippen LogP contribution in [0.4, 0.5) is 5.69 Å². The Morgan fingerprint density at radius 2 is 2.05 bits per heavy atom. The summed E-state index contributed by atoms with van der Waals surface area (Å²) in [6.07, 6.45) is 0. The molecule has 0 unspecified atom stereocenters. The summed E-state index contributed by atoms with van der Waals surface area (Å²) >= 11 is 10.9. The molecule has 0 spiro atoms. The number of hydrogen-bond donors (Lipinski definition) is 2. The second-order valence-corrected chi connectivity index (χ2v) is 4.85. The third-order valence-corrected chi connectivity index (χ3v) is 3.25. The molecule has 0 fully saturated rings. The Morgan fingerprint density at radius 3 is 2.58 bits per heavy atom. The number of likely N-dealkylation sites (N-methyl/N-ethyl adjacent to an activating group) is 1. The van der Waals surface area contributed by atoms with Gasteiger partial charge in [0.15, 0.2) is 0 Å². The zero-order chi connectivity index (χ0) is 14.4. The van der Waals surface area contributed by atoms with Crippen LogP contribution in [-0.2, 0) is 4.79 Å². The summed E-state index contributed by atoms with van der Waals surface area (Å²) in [6, 6.07) is 5.17. The average molecular weight is 300 g/mol. The molecule has 0 aliphatic rings. The highest BCUT2D eigenvalue weighted by atomic mass is 35.5. The van der Waals surface area contributed by atoms with Crippen molar-refractivity contribution >= 4 is 40.4 Å². The maximum absolute atomic E-state index is 11.9. The van der Waals surface area contributed by atoms with Crippen molar-refractivity contribution < 1.29 is 4.79 Å². The molecule has 0 bridgehead atoms. The standard InChI is InChI=1S/C13H18ClN3OS/c1-3-17(4-2)12(18)8-16-11-7-9(14)5-6-10(11)13(15)19/h5-7,16H,3-4,8H2,1-2H3,(H2,15,19). The molecule has 0 aliphatic heterocycles. The molecule has 0 aromatic heterocycles. The highest BCUT2D eigenvalue weighted by Gasteiger charge is 2.11. The van der Waals surface area contributed by atoms with Crippen LogP contribution >= 0.6 is 23.8 Å². The van der Waals surface area contributed by atoms with Gasteiger partial charge in [-0.15, -0.1) is 0 Å². The van der Waals surface area contributed by atoms with Crippen LogP contribution in [0, 0.1) is 0 Å². The van der Waals surface area contributed by atoms with Gasteiger partial charge in [-0.05, 0) is 32.0 Å². The number of benzene rings is 1. The fraction of sp³-hybridized carbons (Fsp3) is 0.385. The molecule has 4 nitrogen and oxygen atoms in total. The Labute approximate surface area is 123 Å². The van der Waals surface area contributed by atoms with Gasteiger partial charge in [0.2, 0.25) is 5.91 Å². The van der Waals surface area contributed by atoms with Gasteiger partial charge in [0, 0.05) is 29.4 Å². The van der Waals surface area contributed by atoms with E-state index in [2.05, 4.69) is 5.32 Å². The molecular weight excluding hydrogens is 282 g/mol. The van der Waals surface area contributed by atoms with Crippen LogP contribution in [0.5, 0.6) is 0 Å². The molecule has 104 valence electrons. The van der Waals surface area contributed by atoms with Crippen molar-refractivity contribution in [2.75, 3.05) is 25.0 Å². The van der Waals surface area contributed by atoms with Crippen LogP contribution in [0.2, 0.25) is 5.02 Å². The van der Waals surface area contributed by atoms with Gasteiger partial charge in [-0.25, -0.2) is 0 Å². The van der Waals surface area contributed by atoms with Gasteiger partial charge in [-0.2, -0.15) is 0 Å². The van der Waals surface area contributed by atoms with E-state index in [4.69, 9.17) is 29.6 Å². The number of anilines is 1. The molecule has 3 N–H and O–H groups in total. The number of halogens is 1. The first-order chi connectivity index (χ1) is 8.99. The fourth-order valence-electron chi connectivity index (χ4n) is 1.74. The summed E-state index contributed by atoms with van der Waals surface area (Å²) in [7, 11) is 0. The summed E-state index contributed by atoms with van der Waals surface area (Å²) in [5.74, 6) is 0.0267. The van der Waals surface area contributed by atoms with Gasteiger partial charge in [0.25, 0.3) is 0 Å². The predicted octanol–water partition coefficient (Wildman–Crippen LogP) is 2.25. The number of carbonyl (C=O) groups is 1. The number of nitrogens with one attached hydrogen (secondary N) is 1. The van der Waals surface area contributed by atoms with Crippen LogP contribution in [-0.4, -0.2) is 35.4 Å². The SMILES string of the molecule is CCN(CC)C(=O)CNc1cc(Cl)ccc1C(N)=S. The topological polar surface area (TPSA) is 58.4 Å². The predicted molar refractivity (Wildman–Crippen MR) is 83.8 cm³/mol. The Bertz CT molecular complexity index is 475. The summed E-state index contributed by atoms with van der Waals surface area (Å²) in [5.41, 5.74) is 7.00. The number of hydrogen-bond acceptors (Lipinski definition) is 3. The number of amides is 1. The van der Waals surface area contributed by atoms with E-state index in [1.165, 1.54) is 0 Å². The Kier molecular flexibility index (Phi) is 6.05. The lowest BCUT2D eigenvalue weighted by Gasteiger charge is -2.19. The number of nitrogens with zero attached hydrogens (tertiary/aromatic N) is 1. The summed E-state index contributed by atoms with van der Waals surface area (Å²) < 4.78 is 0. The lowest BCUT2D eigenvalue weighted by atomic mass is 10.1. The third kappa shape index (κ3) is 4.36. The van der Waals surface area contributed by atoms with E-state index >= 15 is 0 Å². The van der Waals surface area contributed by atoms with E-state index in [0.29, 0.717) is 29.4 Å². The van der Waals surface area contributed by atoms with Crippen LogP contribution in [0.3, 0.4) is 0 Å². The van der Waals surface area contributed by atoms with Crippen molar-refractivity contribution in [1.82, 2.24) is 4.90 Å². The Balaban J connectivity index is 2.79. The normalized spacial score (nSPS) is 10.1. The summed E-state index contributed by atoms with van der Waals surface area (Å²) in [5, 5.41) is 3.61. The first-order valence-electron chi connectivity index (χ1n) is 6.10. The zero-order valence-electron chi connectivity index (χ0n) is 11.1. The van der Waals surface area contributed by atoms with Crippen molar-refractivity contribution in [2.24, 2.45) is 5.73 Å². The molecule has 6 heteroatoms. The monoisotopic (exact) mass is 299 g/mol. The first-order valence-corrected chi connectivity index (χ1v) is 6.89. The second-order valence-electron chi connectivity index (χ2n) is 3.97. The van der Waals surface area contributed by atoms with Gasteiger partial charge in [0.1, 0.15) is 4.99 Å². The molecule has 19 heavy (non-hydrogen) atoms. The third-order valence-electron chi connectivity index (χ3n) is 2.79. The van der Waals surface area contributed by atoms with Crippen molar-refractivity contribution in [2.45, 2.75) is 13.8 Å². The molecule has 1 aromatic carbocycles. The first kappa shape index (κ1) is 15.7. The van der Waals surface area contributed by atoms with E-state index in [-0.39, 0.29) is 17.4 Å². The number of nitrogens with two attached hydrogens (primary N) is 1. The average Bonchev–Trinajstić information content (AvgIpc) is 2.37. The minimum absolute atomic E-state index is 0.0267. The van der Waals surface area contributed by atoms with E-state index in [1.807, 2.05) is 13.8 Å². The van der Waals surface area contributed by atoms with E-state index in [1.54, 1.807) is 23.1 Å². The van der Waals surface area contributed by atoms with Crippen molar-refractivity contribution in [3.05, 3.63) is 28.8 Å². The molecule has 0 heterocycles. The molecule has 1 rings (SSSR count). The number of carbonyl (C=O) groups excluding carboxylic acids is 1. The largest absolute Gasteiger partial charge is 0.389 e. The fourth-order valence-corrected chi connectivity index (χ4v) is 2.09. The molecule has 1 amide bonds. The molecule has 0 aliphatic carbocycles. The summed E-state index contributed by atoms with van der Waals surface area (Å²) in [4.78, 5) is 13.9. The molecule has 0 radical (unpaired) electrons. The number of rotatable bonds is 6. The molecule has 0 atom stereocenters. The van der Waals surface area contributed by atoms with Crippen LogP contribution in [0.1, 0.15) is 19.4 Å². The van der Waals surface area contributed by atoms with E-state index < -0.39 is 0 Å². The van der Waals surface area contributed by atoms with Gasteiger partial charge in [-0.3, -0.25) is 4.79 Å². The van der Waals surface area contributed by atoms with E-state index in [0.717, 1.165) is 0 Å². The minimum Gasteiger partial charge on any atom is -0.389 e. The lowest BCUT2D eigenvalue weighted by molar-refractivity contribution is -0.128. The van der Waals surface area contributed by atoms with Crippen LogP contribution in [0.25, 0.3) is 0 Å². The summed E-state index contributed by atoms with van der Waals surface area (Å²) in [6.45, 7) is 5.46. The minimum atomic E-state index is 0.0267. The quantitative estimate of drug-likeness (QED) is 0.791. The Morgan fingerprint density at radius 1 is 1.42 bits per heavy atom. The second kappa shape index (κ2) is 7.31. The van der Waals surface area contributed by atoms with Crippen molar-refractivity contribution in [3.63, 3.8) is 0 Å². The maximum Gasteiger partial charge on any atom is 0.241 e. The molecule has 0 saturated carbocycles.